The second-order valence-corrected chi connectivity index (χ2v) is 4.86. The van der Waals surface area contributed by atoms with Crippen molar-refractivity contribution in [2.45, 2.75) is 13.3 Å². The summed E-state index contributed by atoms with van der Waals surface area (Å²) in [5, 5.41) is 3.42. The number of nitrogens with one attached hydrogen (secondary N) is 1. The van der Waals surface area contributed by atoms with Gasteiger partial charge in [-0.25, -0.2) is 4.98 Å². The van der Waals surface area contributed by atoms with E-state index in [4.69, 9.17) is 0 Å². The first-order valence-electron chi connectivity index (χ1n) is 5.63. The zero-order valence-electron chi connectivity index (χ0n) is 10.1. The van der Waals surface area contributed by atoms with Gasteiger partial charge in [0.1, 0.15) is 5.82 Å². The predicted molar refractivity (Wildman–Crippen MR) is 74.3 cm³/mol. The van der Waals surface area contributed by atoms with E-state index in [-0.39, 0.29) is 0 Å². The zero-order chi connectivity index (χ0) is 12.3. The zero-order valence-corrected chi connectivity index (χ0v) is 11.7. The van der Waals surface area contributed by atoms with Crippen LogP contribution in [-0.2, 0) is 13.5 Å². The maximum Gasteiger partial charge on any atom is 0.110 e. The summed E-state index contributed by atoms with van der Waals surface area (Å²) in [7, 11) is 2.02. The summed E-state index contributed by atoms with van der Waals surface area (Å²) in [5.74, 6) is 1.10. The van der Waals surface area contributed by atoms with Crippen molar-refractivity contribution < 1.29 is 0 Å². The van der Waals surface area contributed by atoms with Gasteiger partial charge in [0.05, 0.1) is 0 Å². The number of imidazole rings is 1. The van der Waals surface area contributed by atoms with E-state index >= 15 is 0 Å². The van der Waals surface area contributed by atoms with Gasteiger partial charge in [-0.2, -0.15) is 0 Å². The second kappa shape index (κ2) is 5.36. The Bertz CT molecular complexity index is 505. The Morgan fingerprint density at radius 2 is 2.24 bits per heavy atom. The third-order valence-corrected chi connectivity index (χ3v) is 3.83. The first-order chi connectivity index (χ1) is 8.18. The highest BCUT2D eigenvalue weighted by molar-refractivity contribution is 9.10. The number of hydrogen-bond acceptors (Lipinski definition) is 2. The number of aromatic nitrogens is 2. The largest absolute Gasteiger partial charge is 0.384 e. The maximum atomic E-state index is 4.30. The molecule has 0 fully saturated rings. The van der Waals surface area contributed by atoms with E-state index in [1.54, 1.807) is 0 Å². The van der Waals surface area contributed by atoms with Crippen LogP contribution in [0.25, 0.3) is 0 Å². The molecule has 0 aliphatic carbocycles. The normalized spacial score (nSPS) is 10.5. The number of anilines is 1. The lowest BCUT2D eigenvalue weighted by Gasteiger charge is -2.10. The summed E-state index contributed by atoms with van der Waals surface area (Å²) in [5.41, 5.74) is 2.38. The Labute approximate surface area is 110 Å². The van der Waals surface area contributed by atoms with Crippen LogP contribution in [0.15, 0.2) is 35.1 Å². The number of aryl methyl sites for hydroxylation is 2. The van der Waals surface area contributed by atoms with Gasteiger partial charge in [0.25, 0.3) is 0 Å². The fourth-order valence-electron chi connectivity index (χ4n) is 1.73. The van der Waals surface area contributed by atoms with Gasteiger partial charge in [0, 0.05) is 42.6 Å². The molecular weight excluding hydrogens is 278 g/mol. The van der Waals surface area contributed by atoms with Crippen molar-refractivity contribution in [1.82, 2.24) is 9.55 Å². The molecule has 2 aromatic rings. The standard InChI is InChI=1S/C13H16BrN3/c1-10-4-3-5-11(13(10)14)15-7-6-12-16-8-9-17(12)2/h3-5,8-9,15H,6-7H2,1-2H3. The van der Waals surface area contributed by atoms with E-state index in [1.165, 1.54) is 5.56 Å². The van der Waals surface area contributed by atoms with Crippen LogP contribution in [-0.4, -0.2) is 16.1 Å². The molecule has 1 N–H and O–H groups in total. The first-order valence-corrected chi connectivity index (χ1v) is 6.43. The fourth-order valence-corrected chi connectivity index (χ4v) is 2.13. The maximum absolute atomic E-state index is 4.30. The van der Waals surface area contributed by atoms with Gasteiger partial charge in [0.15, 0.2) is 0 Å². The fraction of sp³-hybridized carbons (Fsp3) is 0.308. The van der Waals surface area contributed by atoms with Gasteiger partial charge in [-0.15, -0.1) is 0 Å². The molecule has 3 nitrogen and oxygen atoms in total. The highest BCUT2D eigenvalue weighted by atomic mass is 79.9. The van der Waals surface area contributed by atoms with E-state index in [2.05, 4.69) is 51.4 Å². The van der Waals surface area contributed by atoms with Crippen molar-refractivity contribution in [3.8, 4) is 0 Å². The Hall–Kier alpha value is -1.29. The third kappa shape index (κ3) is 2.88. The van der Waals surface area contributed by atoms with Crippen LogP contribution in [0.3, 0.4) is 0 Å². The molecule has 0 aliphatic rings. The van der Waals surface area contributed by atoms with Crippen molar-refractivity contribution in [2.75, 3.05) is 11.9 Å². The molecule has 0 saturated carbocycles. The lowest BCUT2D eigenvalue weighted by molar-refractivity contribution is 0.789. The number of nitrogens with zero attached hydrogens (tertiary/aromatic N) is 2. The SMILES string of the molecule is Cc1cccc(NCCc2nccn2C)c1Br. The van der Waals surface area contributed by atoms with Crippen LogP contribution >= 0.6 is 15.9 Å². The molecule has 0 spiro atoms. The van der Waals surface area contributed by atoms with E-state index in [0.29, 0.717) is 0 Å². The van der Waals surface area contributed by atoms with Crippen LogP contribution in [0.4, 0.5) is 5.69 Å². The molecule has 0 saturated heterocycles. The topological polar surface area (TPSA) is 29.9 Å². The van der Waals surface area contributed by atoms with Crippen LogP contribution in [0.5, 0.6) is 0 Å². The van der Waals surface area contributed by atoms with Crippen molar-refractivity contribution in [1.29, 1.82) is 0 Å². The first kappa shape index (κ1) is 12.2. The Morgan fingerprint density at radius 3 is 2.94 bits per heavy atom. The Kier molecular flexibility index (Phi) is 3.84. The minimum Gasteiger partial charge on any atom is -0.384 e. The van der Waals surface area contributed by atoms with Gasteiger partial charge in [-0.3, -0.25) is 0 Å². The number of benzene rings is 1. The van der Waals surface area contributed by atoms with Crippen LogP contribution in [0.2, 0.25) is 0 Å². The van der Waals surface area contributed by atoms with E-state index in [0.717, 1.165) is 29.0 Å². The molecule has 0 amide bonds. The minimum absolute atomic E-state index is 0.882. The predicted octanol–water partition coefficient (Wildman–Crippen LogP) is 3.15. The minimum atomic E-state index is 0.882. The molecule has 17 heavy (non-hydrogen) atoms. The molecule has 4 heteroatoms. The van der Waals surface area contributed by atoms with Gasteiger partial charge >= 0.3 is 0 Å². The molecule has 2 rings (SSSR count). The molecule has 90 valence electrons. The van der Waals surface area contributed by atoms with Crippen molar-refractivity contribution in [3.63, 3.8) is 0 Å². The van der Waals surface area contributed by atoms with Gasteiger partial charge in [0.2, 0.25) is 0 Å². The lowest BCUT2D eigenvalue weighted by Crippen LogP contribution is -2.09. The summed E-state index contributed by atoms with van der Waals surface area (Å²) in [6.07, 6.45) is 4.72. The Morgan fingerprint density at radius 1 is 1.41 bits per heavy atom. The van der Waals surface area contributed by atoms with Crippen molar-refractivity contribution in [3.05, 3.63) is 46.5 Å². The second-order valence-electron chi connectivity index (χ2n) is 4.07. The summed E-state index contributed by atoms with van der Waals surface area (Å²) in [6.45, 7) is 2.97. The van der Waals surface area contributed by atoms with E-state index in [9.17, 15) is 0 Å². The summed E-state index contributed by atoms with van der Waals surface area (Å²) in [4.78, 5) is 4.30. The average Bonchev–Trinajstić information content (AvgIpc) is 2.71. The lowest BCUT2D eigenvalue weighted by atomic mass is 10.2. The van der Waals surface area contributed by atoms with Gasteiger partial charge in [-0.05, 0) is 34.5 Å². The molecule has 1 aromatic heterocycles. The third-order valence-electron chi connectivity index (χ3n) is 2.78. The van der Waals surface area contributed by atoms with Crippen LogP contribution in [0, 0.1) is 6.92 Å². The summed E-state index contributed by atoms with van der Waals surface area (Å²) >= 11 is 3.59. The molecule has 0 bridgehead atoms. The Balaban J connectivity index is 1.95. The summed E-state index contributed by atoms with van der Waals surface area (Å²) < 4.78 is 3.19. The highest BCUT2D eigenvalue weighted by Gasteiger charge is 2.02. The van der Waals surface area contributed by atoms with E-state index in [1.807, 2.05) is 24.0 Å². The van der Waals surface area contributed by atoms with Gasteiger partial charge < -0.3 is 9.88 Å². The molecule has 0 unspecified atom stereocenters. The molecule has 0 atom stereocenters. The number of halogens is 1. The monoisotopic (exact) mass is 293 g/mol. The molecule has 1 heterocycles. The van der Waals surface area contributed by atoms with E-state index < -0.39 is 0 Å². The molecular formula is C13H16BrN3. The quantitative estimate of drug-likeness (QED) is 0.939. The smallest absolute Gasteiger partial charge is 0.110 e. The molecule has 1 aromatic carbocycles. The number of rotatable bonds is 4. The highest BCUT2D eigenvalue weighted by Crippen LogP contribution is 2.25. The molecule has 0 aliphatic heterocycles. The van der Waals surface area contributed by atoms with Crippen molar-refractivity contribution >= 4 is 21.6 Å². The molecule has 0 radical (unpaired) electrons. The van der Waals surface area contributed by atoms with Crippen molar-refractivity contribution in [2.24, 2.45) is 7.05 Å². The van der Waals surface area contributed by atoms with Gasteiger partial charge in [-0.1, -0.05) is 12.1 Å². The number of hydrogen-bond donors (Lipinski definition) is 1. The van der Waals surface area contributed by atoms with Crippen LogP contribution < -0.4 is 5.32 Å². The average molecular weight is 294 g/mol. The van der Waals surface area contributed by atoms with Crippen LogP contribution in [0.1, 0.15) is 11.4 Å². The summed E-state index contributed by atoms with van der Waals surface area (Å²) in [6, 6.07) is 6.23.